The number of halogens is 2. The summed E-state index contributed by atoms with van der Waals surface area (Å²) < 4.78 is 32.6. The Hall–Kier alpha value is -2.51. The van der Waals surface area contributed by atoms with E-state index in [1.807, 2.05) is 0 Å². The van der Waals surface area contributed by atoms with Crippen molar-refractivity contribution < 1.29 is 27.9 Å². The third-order valence-electron chi connectivity index (χ3n) is 4.67. The Morgan fingerprint density at radius 3 is 2.67 bits per heavy atom. The Morgan fingerprint density at radius 2 is 2.04 bits per heavy atom. The summed E-state index contributed by atoms with van der Waals surface area (Å²) in [6.45, 7) is 3.47. The van der Waals surface area contributed by atoms with Crippen LogP contribution in [0.4, 0.5) is 8.78 Å². The molecule has 8 heteroatoms. The van der Waals surface area contributed by atoms with Crippen LogP contribution in [-0.2, 0) is 25.5 Å². The van der Waals surface area contributed by atoms with Gasteiger partial charge in [-0.1, -0.05) is 6.07 Å². The second-order valence-corrected chi connectivity index (χ2v) is 6.74. The number of carbonyl (C=O) groups is 3. The molecule has 0 aromatic heterocycles. The van der Waals surface area contributed by atoms with Crippen molar-refractivity contribution >= 4 is 17.8 Å². The fourth-order valence-corrected chi connectivity index (χ4v) is 3.35. The second kappa shape index (κ2) is 8.92. The topological polar surface area (TPSA) is 75.7 Å². The zero-order chi connectivity index (χ0) is 20.0. The largest absolute Gasteiger partial charge is 0.466 e. The van der Waals surface area contributed by atoms with E-state index >= 15 is 0 Å². The maximum absolute atomic E-state index is 14.2. The van der Waals surface area contributed by atoms with Gasteiger partial charge in [-0.3, -0.25) is 14.4 Å². The summed E-state index contributed by atoms with van der Waals surface area (Å²) in [4.78, 5) is 37.6. The van der Waals surface area contributed by atoms with Gasteiger partial charge in [-0.15, -0.1) is 0 Å². The molecule has 0 spiro atoms. The van der Waals surface area contributed by atoms with Crippen LogP contribution in [0.25, 0.3) is 0 Å². The standard InChI is InChI=1S/C19H24F2N2O4/c1-3-27-18(26)19(10-14-5-6-15(20)9-16(14)21)7-4-8-23(12-19)17(25)11-22-13(2)24/h5-6,9H,3-4,7-8,10-12H2,1-2H3,(H,22,24)/t19-/m0/s1. The van der Waals surface area contributed by atoms with Crippen molar-refractivity contribution in [1.82, 2.24) is 10.2 Å². The van der Waals surface area contributed by atoms with Crippen LogP contribution in [0.2, 0.25) is 0 Å². The molecule has 1 saturated heterocycles. The maximum atomic E-state index is 14.2. The van der Waals surface area contributed by atoms with Crippen molar-refractivity contribution in [2.75, 3.05) is 26.2 Å². The van der Waals surface area contributed by atoms with Gasteiger partial charge in [-0.25, -0.2) is 8.78 Å². The molecule has 1 N–H and O–H groups in total. The first-order valence-electron chi connectivity index (χ1n) is 8.91. The molecule has 27 heavy (non-hydrogen) atoms. The molecule has 1 aromatic rings. The highest BCUT2D eigenvalue weighted by Crippen LogP contribution is 2.36. The second-order valence-electron chi connectivity index (χ2n) is 6.74. The smallest absolute Gasteiger partial charge is 0.314 e. The van der Waals surface area contributed by atoms with Crippen molar-refractivity contribution in [2.45, 2.75) is 33.1 Å². The predicted octanol–water partition coefficient (Wildman–Crippen LogP) is 1.82. The van der Waals surface area contributed by atoms with Crippen molar-refractivity contribution in [3.8, 4) is 0 Å². The number of nitrogens with zero attached hydrogens (tertiary/aromatic N) is 1. The first-order valence-corrected chi connectivity index (χ1v) is 8.91. The van der Waals surface area contributed by atoms with Crippen LogP contribution in [-0.4, -0.2) is 48.9 Å². The molecule has 1 aliphatic rings. The van der Waals surface area contributed by atoms with Gasteiger partial charge in [-0.2, -0.15) is 0 Å². The average molecular weight is 382 g/mol. The number of nitrogens with one attached hydrogen (secondary N) is 1. The van der Waals surface area contributed by atoms with Gasteiger partial charge >= 0.3 is 5.97 Å². The molecule has 0 aliphatic carbocycles. The van der Waals surface area contributed by atoms with Crippen LogP contribution in [0.3, 0.4) is 0 Å². The normalized spacial score (nSPS) is 19.5. The summed E-state index contributed by atoms with van der Waals surface area (Å²) in [5.74, 6) is -2.59. The van der Waals surface area contributed by atoms with Gasteiger partial charge in [0.15, 0.2) is 0 Å². The molecule has 0 radical (unpaired) electrons. The number of carbonyl (C=O) groups excluding carboxylic acids is 3. The Bertz CT molecular complexity index is 726. The average Bonchev–Trinajstić information content (AvgIpc) is 2.62. The first-order chi connectivity index (χ1) is 12.8. The van der Waals surface area contributed by atoms with Crippen LogP contribution in [0.5, 0.6) is 0 Å². The van der Waals surface area contributed by atoms with Crippen LogP contribution in [0, 0.1) is 17.0 Å². The predicted molar refractivity (Wildman–Crippen MR) is 93.6 cm³/mol. The van der Waals surface area contributed by atoms with Gasteiger partial charge < -0.3 is 15.0 Å². The van der Waals surface area contributed by atoms with E-state index in [4.69, 9.17) is 4.74 Å². The van der Waals surface area contributed by atoms with Crippen LogP contribution < -0.4 is 5.32 Å². The minimum Gasteiger partial charge on any atom is -0.466 e. The van der Waals surface area contributed by atoms with Gasteiger partial charge in [0.1, 0.15) is 11.6 Å². The van der Waals surface area contributed by atoms with Crippen LogP contribution in [0.15, 0.2) is 18.2 Å². The molecule has 2 rings (SSSR count). The molecule has 1 aromatic carbocycles. The number of ether oxygens (including phenoxy) is 1. The zero-order valence-corrected chi connectivity index (χ0v) is 15.5. The van der Waals surface area contributed by atoms with Crippen molar-refractivity contribution in [1.29, 1.82) is 0 Å². The van der Waals surface area contributed by atoms with Crippen molar-refractivity contribution in [3.63, 3.8) is 0 Å². The summed E-state index contributed by atoms with van der Waals surface area (Å²) in [7, 11) is 0. The summed E-state index contributed by atoms with van der Waals surface area (Å²) in [6, 6.07) is 3.22. The molecule has 1 heterocycles. The number of rotatable bonds is 6. The number of piperidine rings is 1. The summed E-state index contributed by atoms with van der Waals surface area (Å²) >= 11 is 0. The molecule has 0 saturated carbocycles. The Kier molecular flexibility index (Phi) is 6.87. The van der Waals surface area contributed by atoms with Crippen molar-refractivity contribution in [3.05, 3.63) is 35.4 Å². The highest BCUT2D eigenvalue weighted by molar-refractivity contribution is 5.85. The number of hydrogen-bond donors (Lipinski definition) is 1. The third-order valence-corrected chi connectivity index (χ3v) is 4.67. The van der Waals surface area contributed by atoms with Gasteiger partial charge in [0.05, 0.1) is 18.6 Å². The quantitative estimate of drug-likeness (QED) is 0.762. The van der Waals surface area contributed by atoms with Crippen LogP contribution in [0.1, 0.15) is 32.3 Å². The van der Waals surface area contributed by atoms with Crippen molar-refractivity contribution in [2.24, 2.45) is 5.41 Å². The number of likely N-dealkylation sites (tertiary alicyclic amines) is 1. The fourth-order valence-electron chi connectivity index (χ4n) is 3.35. The van der Waals surface area contributed by atoms with E-state index < -0.39 is 23.0 Å². The Balaban J connectivity index is 2.25. The van der Waals surface area contributed by atoms with Gasteiger partial charge in [0.2, 0.25) is 11.8 Å². The molecular formula is C19H24F2N2O4. The molecular weight excluding hydrogens is 358 g/mol. The highest BCUT2D eigenvalue weighted by atomic mass is 19.1. The lowest BCUT2D eigenvalue weighted by molar-refractivity contribution is -0.160. The molecule has 0 bridgehead atoms. The van der Waals surface area contributed by atoms with E-state index in [9.17, 15) is 23.2 Å². The lowest BCUT2D eigenvalue weighted by Gasteiger charge is -2.41. The zero-order valence-electron chi connectivity index (χ0n) is 15.5. The minimum absolute atomic E-state index is 0.00185. The van der Waals surface area contributed by atoms with E-state index in [1.54, 1.807) is 6.92 Å². The van der Waals surface area contributed by atoms with E-state index in [-0.39, 0.29) is 43.5 Å². The molecule has 6 nitrogen and oxygen atoms in total. The number of esters is 1. The number of hydrogen-bond acceptors (Lipinski definition) is 4. The van der Waals surface area contributed by atoms with Gasteiger partial charge in [0.25, 0.3) is 0 Å². The Labute approximate surface area is 156 Å². The first kappa shape index (κ1) is 20.8. The minimum atomic E-state index is -1.11. The number of benzene rings is 1. The molecule has 1 atom stereocenters. The molecule has 148 valence electrons. The van der Waals surface area contributed by atoms with E-state index in [0.717, 1.165) is 12.1 Å². The molecule has 0 unspecified atom stereocenters. The van der Waals surface area contributed by atoms with Gasteiger partial charge in [0, 0.05) is 26.1 Å². The summed E-state index contributed by atoms with van der Waals surface area (Å²) in [5.41, 5.74) is -0.917. The highest BCUT2D eigenvalue weighted by Gasteiger charge is 2.45. The molecule has 2 amide bonds. The lowest BCUT2D eigenvalue weighted by Crippen LogP contribution is -2.53. The fraction of sp³-hybridized carbons (Fsp3) is 0.526. The SMILES string of the molecule is CCOC(=O)[C@]1(Cc2ccc(F)cc2F)CCCN(C(=O)CNC(C)=O)C1. The van der Waals surface area contributed by atoms with Gasteiger partial charge in [-0.05, 0) is 37.8 Å². The van der Waals surface area contributed by atoms with E-state index in [1.165, 1.54) is 17.9 Å². The Morgan fingerprint density at radius 1 is 1.30 bits per heavy atom. The molecule has 1 aliphatic heterocycles. The third kappa shape index (κ3) is 5.24. The monoisotopic (exact) mass is 382 g/mol. The molecule has 1 fully saturated rings. The summed E-state index contributed by atoms with van der Waals surface area (Å²) in [6.07, 6.45) is 0.960. The maximum Gasteiger partial charge on any atom is 0.314 e. The van der Waals surface area contributed by atoms with E-state index in [0.29, 0.717) is 19.4 Å². The lowest BCUT2D eigenvalue weighted by atomic mass is 9.75. The summed E-state index contributed by atoms with van der Waals surface area (Å²) in [5, 5.41) is 2.44. The van der Waals surface area contributed by atoms with Crippen LogP contribution >= 0.6 is 0 Å². The number of amides is 2. The van der Waals surface area contributed by atoms with E-state index in [2.05, 4.69) is 5.32 Å².